The van der Waals surface area contributed by atoms with Crippen molar-refractivity contribution in [3.8, 4) is 0 Å². The molecule has 2 atom stereocenters. The van der Waals surface area contributed by atoms with Crippen molar-refractivity contribution in [2.75, 3.05) is 6.54 Å². The Morgan fingerprint density at radius 2 is 2.12 bits per heavy atom. The second-order valence-corrected chi connectivity index (χ2v) is 4.51. The van der Waals surface area contributed by atoms with Gasteiger partial charge in [0.25, 0.3) is 0 Å². The van der Waals surface area contributed by atoms with Crippen molar-refractivity contribution in [2.45, 2.75) is 26.3 Å². The van der Waals surface area contributed by atoms with Gasteiger partial charge < -0.3 is 10.4 Å². The molecule has 1 aromatic carbocycles. The first kappa shape index (κ1) is 11.1. The predicted octanol–water partition coefficient (Wildman–Crippen LogP) is 2.04. The molecule has 0 saturated carbocycles. The van der Waals surface area contributed by atoms with Crippen LogP contribution in [-0.2, 0) is 4.79 Å². The molecule has 86 valence electrons. The van der Waals surface area contributed by atoms with E-state index in [1.165, 1.54) is 11.1 Å². The number of rotatable bonds is 2. The number of carbonyl (C=O) groups is 1. The number of hydrogen-bond donors (Lipinski definition) is 2. The molecule has 16 heavy (non-hydrogen) atoms. The minimum Gasteiger partial charge on any atom is -0.481 e. The topological polar surface area (TPSA) is 49.3 Å². The van der Waals surface area contributed by atoms with E-state index in [0.29, 0.717) is 6.42 Å². The number of carboxylic acid groups (broad SMARTS) is 1. The van der Waals surface area contributed by atoms with Crippen LogP contribution in [0.2, 0.25) is 0 Å². The zero-order valence-electron chi connectivity index (χ0n) is 9.66. The highest BCUT2D eigenvalue weighted by Gasteiger charge is 2.33. The summed E-state index contributed by atoms with van der Waals surface area (Å²) in [6.45, 7) is 4.91. The van der Waals surface area contributed by atoms with Crippen LogP contribution in [0, 0.1) is 19.8 Å². The Labute approximate surface area is 95.5 Å². The Bertz CT molecular complexity index is 414. The molecular weight excluding hydrogens is 202 g/mol. The van der Waals surface area contributed by atoms with Gasteiger partial charge in [-0.15, -0.1) is 0 Å². The lowest BCUT2D eigenvalue weighted by Gasteiger charge is -2.17. The van der Waals surface area contributed by atoms with Gasteiger partial charge in [-0.1, -0.05) is 18.2 Å². The average Bonchev–Trinajstić information content (AvgIpc) is 2.71. The quantitative estimate of drug-likeness (QED) is 0.800. The molecule has 3 heteroatoms. The minimum atomic E-state index is -0.701. The van der Waals surface area contributed by atoms with Crippen molar-refractivity contribution in [3.63, 3.8) is 0 Å². The molecule has 0 amide bonds. The number of carboxylic acids is 1. The molecular formula is C13H17NO2. The number of nitrogens with one attached hydrogen (secondary N) is 1. The van der Waals surface area contributed by atoms with Gasteiger partial charge in [0, 0.05) is 6.04 Å². The fraction of sp³-hybridized carbons (Fsp3) is 0.462. The molecule has 0 spiro atoms. The van der Waals surface area contributed by atoms with Gasteiger partial charge >= 0.3 is 5.97 Å². The van der Waals surface area contributed by atoms with Gasteiger partial charge in [0.05, 0.1) is 5.92 Å². The number of hydrogen-bond acceptors (Lipinski definition) is 2. The second-order valence-electron chi connectivity index (χ2n) is 4.51. The van der Waals surface area contributed by atoms with Crippen LogP contribution >= 0.6 is 0 Å². The number of aryl methyl sites for hydroxylation is 2. The van der Waals surface area contributed by atoms with Crippen molar-refractivity contribution < 1.29 is 9.90 Å². The van der Waals surface area contributed by atoms with E-state index in [0.717, 1.165) is 12.1 Å². The van der Waals surface area contributed by atoms with Crippen LogP contribution in [0.3, 0.4) is 0 Å². The summed E-state index contributed by atoms with van der Waals surface area (Å²) in [6.07, 6.45) is 0.715. The van der Waals surface area contributed by atoms with Gasteiger partial charge in [0.1, 0.15) is 0 Å². The third-order valence-corrected chi connectivity index (χ3v) is 3.43. The van der Waals surface area contributed by atoms with Crippen molar-refractivity contribution in [3.05, 3.63) is 34.9 Å². The SMILES string of the molecule is Cc1ccc([C@H]2NCC[C@@H]2C(=O)O)cc1C. The smallest absolute Gasteiger partial charge is 0.308 e. The monoisotopic (exact) mass is 219 g/mol. The molecule has 2 N–H and O–H groups in total. The Balaban J connectivity index is 2.29. The first-order chi connectivity index (χ1) is 7.59. The van der Waals surface area contributed by atoms with Gasteiger partial charge in [-0.25, -0.2) is 0 Å². The summed E-state index contributed by atoms with van der Waals surface area (Å²) in [7, 11) is 0. The average molecular weight is 219 g/mol. The van der Waals surface area contributed by atoms with E-state index < -0.39 is 5.97 Å². The van der Waals surface area contributed by atoms with Crippen molar-refractivity contribution in [2.24, 2.45) is 5.92 Å². The summed E-state index contributed by atoms with van der Waals surface area (Å²) < 4.78 is 0. The maximum atomic E-state index is 11.1. The molecule has 1 saturated heterocycles. The van der Waals surface area contributed by atoms with E-state index in [1.807, 2.05) is 6.07 Å². The van der Waals surface area contributed by atoms with E-state index >= 15 is 0 Å². The lowest BCUT2D eigenvalue weighted by atomic mass is 9.92. The highest BCUT2D eigenvalue weighted by atomic mass is 16.4. The first-order valence-corrected chi connectivity index (χ1v) is 5.63. The van der Waals surface area contributed by atoms with Crippen molar-refractivity contribution in [1.82, 2.24) is 5.32 Å². The summed E-state index contributed by atoms with van der Waals surface area (Å²) >= 11 is 0. The third-order valence-electron chi connectivity index (χ3n) is 3.43. The summed E-state index contributed by atoms with van der Waals surface area (Å²) in [5.41, 5.74) is 3.55. The maximum absolute atomic E-state index is 11.1. The maximum Gasteiger partial charge on any atom is 0.308 e. The zero-order valence-corrected chi connectivity index (χ0v) is 9.66. The van der Waals surface area contributed by atoms with Crippen LogP contribution in [-0.4, -0.2) is 17.6 Å². The summed E-state index contributed by atoms with van der Waals surface area (Å²) in [6, 6.07) is 6.15. The van der Waals surface area contributed by atoms with E-state index in [9.17, 15) is 4.79 Å². The molecule has 1 aliphatic heterocycles. The van der Waals surface area contributed by atoms with Crippen LogP contribution in [0.15, 0.2) is 18.2 Å². The molecule has 3 nitrogen and oxygen atoms in total. The summed E-state index contributed by atoms with van der Waals surface area (Å²) in [4.78, 5) is 11.1. The van der Waals surface area contributed by atoms with E-state index in [2.05, 4.69) is 31.3 Å². The Hall–Kier alpha value is -1.35. The largest absolute Gasteiger partial charge is 0.481 e. The molecule has 0 radical (unpaired) electrons. The summed E-state index contributed by atoms with van der Waals surface area (Å²) in [5, 5.41) is 12.4. The van der Waals surface area contributed by atoms with E-state index in [1.54, 1.807) is 0 Å². The van der Waals surface area contributed by atoms with Crippen molar-refractivity contribution in [1.29, 1.82) is 0 Å². The molecule has 0 aromatic heterocycles. The number of aliphatic carboxylic acids is 1. The zero-order chi connectivity index (χ0) is 11.7. The predicted molar refractivity (Wildman–Crippen MR) is 62.4 cm³/mol. The normalized spacial score (nSPS) is 24.6. The second kappa shape index (κ2) is 4.26. The third kappa shape index (κ3) is 1.95. The lowest BCUT2D eigenvalue weighted by Crippen LogP contribution is -2.23. The van der Waals surface area contributed by atoms with Gasteiger partial charge in [0.15, 0.2) is 0 Å². The molecule has 2 rings (SSSR count). The van der Waals surface area contributed by atoms with Crippen LogP contribution < -0.4 is 5.32 Å². The van der Waals surface area contributed by atoms with Gasteiger partial charge in [-0.3, -0.25) is 4.79 Å². The molecule has 0 aliphatic carbocycles. The number of benzene rings is 1. The van der Waals surface area contributed by atoms with Crippen molar-refractivity contribution >= 4 is 5.97 Å². The lowest BCUT2D eigenvalue weighted by molar-refractivity contribution is -0.142. The van der Waals surface area contributed by atoms with Gasteiger partial charge in [-0.05, 0) is 43.5 Å². The van der Waals surface area contributed by atoms with E-state index in [-0.39, 0.29) is 12.0 Å². The molecule has 0 unspecified atom stereocenters. The minimum absolute atomic E-state index is 0.0307. The molecule has 1 aliphatic rings. The molecule has 0 bridgehead atoms. The fourth-order valence-electron chi connectivity index (χ4n) is 2.28. The molecule has 1 aromatic rings. The Morgan fingerprint density at radius 3 is 2.75 bits per heavy atom. The molecule has 1 heterocycles. The van der Waals surface area contributed by atoms with Crippen LogP contribution in [0.25, 0.3) is 0 Å². The van der Waals surface area contributed by atoms with Crippen LogP contribution in [0.4, 0.5) is 0 Å². The first-order valence-electron chi connectivity index (χ1n) is 5.63. The highest BCUT2D eigenvalue weighted by molar-refractivity contribution is 5.71. The van der Waals surface area contributed by atoms with Crippen LogP contribution in [0.1, 0.15) is 29.2 Å². The highest BCUT2D eigenvalue weighted by Crippen LogP contribution is 2.30. The fourth-order valence-corrected chi connectivity index (χ4v) is 2.28. The van der Waals surface area contributed by atoms with Crippen LogP contribution in [0.5, 0.6) is 0 Å². The van der Waals surface area contributed by atoms with Gasteiger partial charge in [0.2, 0.25) is 0 Å². The Kier molecular flexibility index (Phi) is 2.97. The Morgan fingerprint density at radius 1 is 1.38 bits per heavy atom. The summed E-state index contributed by atoms with van der Waals surface area (Å²) in [5.74, 6) is -0.990. The standard InChI is InChI=1S/C13H17NO2/c1-8-3-4-10(7-9(8)2)12-11(13(15)16)5-6-14-12/h3-4,7,11-12,14H,5-6H2,1-2H3,(H,15,16)/t11-,12+/m0/s1. The molecule has 1 fully saturated rings. The van der Waals surface area contributed by atoms with E-state index in [4.69, 9.17) is 5.11 Å². The van der Waals surface area contributed by atoms with Gasteiger partial charge in [-0.2, -0.15) is 0 Å².